The van der Waals surface area contributed by atoms with Gasteiger partial charge >= 0.3 is 0 Å². The number of nitrogens with one attached hydrogen (secondary N) is 2. The number of aliphatic imine (C=N–C) groups is 1. The average molecular weight is 410 g/mol. The second kappa shape index (κ2) is 8.53. The highest BCUT2D eigenvalue weighted by atomic mass is 127. The fourth-order valence-electron chi connectivity index (χ4n) is 2.63. The number of hydrogen-bond acceptors (Lipinski definition) is 3. The summed E-state index contributed by atoms with van der Waals surface area (Å²) in [7, 11) is 0. The average Bonchev–Trinajstić information content (AvgIpc) is 3.04. The van der Waals surface area contributed by atoms with Crippen molar-refractivity contribution in [3.8, 4) is 0 Å². The molecule has 124 valence electrons. The van der Waals surface area contributed by atoms with Crippen LogP contribution in [-0.4, -0.2) is 61.8 Å². The number of ether oxygens (including phenoxy) is 1. The van der Waals surface area contributed by atoms with Crippen LogP contribution < -0.4 is 10.6 Å². The number of halogens is 1. The molecule has 0 aromatic rings. The van der Waals surface area contributed by atoms with Crippen molar-refractivity contribution in [3.63, 3.8) is 0 Å². The molecule has 0 aromatic heterocycles. The van der Waals surface area contributed by atoms with E-state index in [0.717, 1.165) is 51.2 Å². The maximum absolute atomic E-state index is 5.73. The lowest BCUT2D eigenvalue weighted by molar-refractivity contribution is -0.0850. The standard InChI is InChI=1S/C15H30N4O.HI/c1-5-16-14(18-13-10-12(13)2)17-6-7-19-8-9-20-15(3,4)11-19;/h12-13H,5-11H2,1-4H3,(H2,16,17,18);1H. The summed E-state index contributed by atoms with van der Waals surface area (Å²) in [4.78, 5) is 7.12. The smallest absolute Gasteiger partial charge is 0.191 e. The Morgan fingerprint density at radius 1 is 1.43 bits per heavy atom. The van der Waals surface area contributed by atoms with Gasteiger partial charge in [-0.05, 0) is 33.1 Å². The van der Waals surface area contributed by atoms with Crippen molar-refractivity contribution in [1.82, 2.24) is 15.5 Å². The molecule has 1 aliphatic heterocycles. The van der Waals surface area contributed by atoms with Gasteiger partial charge in [0.15, 0.2) is 5.96 Å². The molecule has 21 heavy (non-hydrogen) atoms. The predicted molar refractivity (Wildman–Crippen MR) is 98.6 cm³/mol. The summed E-state index contributed by atoms with van der Waals surface area (Å²) in [6, 6.07) is 0.620. The van der Waals surface area contributed by atoms with Gasteiger partial charge in [-0.1, -0.05) is 6.92 Å². The van der Waals surface area contributed by atoms with E-state index in [1.807, 2.05) is 0 Å². The zero-order valence-electron chi connectivity index (χ0n) is 13.8. The molecule has 0 radical (unpaired) electrons. The van der Waals surface area contributed by atoms with Gasteiger partial charge in [0.25, 0.3) is 0 Å². The first-order valence-electron chi connectivity index (χ1n) is 7.91. The van der Waals surface area contributed by atoms with Crippen molar-refractivity contribution in [1.29, 1.82) is 0 Å². The fourth-order valence-corrected chi connectivity index (χ4v) is 2.63. The summed E-state index contributed by atoms with van der Waals surface area (Å²) in [6.07, 6.45) is 1.27. The maximum Gasteiger partial charge on any atom is 0.191 e. The van der Waals surface area contributed by atoms with Crippen LogP contribution in [0.3, 0.4) is 0 Å². The third kappa shape index (κ3) is 6.69. The van der Waals surface area contributed by atoms with E-state index < -0.39 is 0 Å². The summed E-state index contributed by atoms with van der Waals surface area (Å²) in [6.45, 7) is 14.3. The Hall–Kier alpha value is -0.0800. The normalized spacial score (nSPS) is 28.7. The van der Waals surface area contributed by atoms with Crippen molar-refractivity contribution in [3.05, 3.63) is 0 Å². The summed E-state index contributed by atoms with van der Waals surface area (Å²) in [5.74, 6) is 1.76. The van der Waals surface area contributed by atoms with E-state index in [1.54, 1.807) is 0 Å². The largest absolute Gasteiger partial charge is 0.373 e. The molecule has 1 aliphatic carbocycles. The van der Waals surface area contributed by atoms with Crippen LogP contribution in [0.4, 0.5) is 0 Å². The van der Waals surface area contributed by atoms with Gasteiger partial charge in [0.05, 0.1) is 18.8 Å². The summed E-state index contributed by atoms with van der Waals surface area (Å²) in [5.41, 5.74) is -0.0197. The van der Waals surface area contributed by atoms with Gasteiger partial charge in [-0.25, -0.2) is 0 Å². The van der Waals surface area contributed by atoms with E-state index in [2.05, 4.69) is 48.2 Å². The number of guanidine groups is 1. The highest BCUT2D eigenvalue weighted by Crippen LogP contribution is 2.28. The van der Waals surface area contributed by atoms with Gasteiger partial charge in [0.2, 0.25) is 0 Å². The number of rotatable bonds is 5. The molecular formula is C15H31IN4O. The van der Waals surface area contributed by atoms with Crippen LogP contribution in [0.25, 0.3) is 0 Å². The van der Waals surface area contributed by atoms with Crippen molar-refractivity contribution in [2.75, 3.05) is 39.3 Å². The highest BCUT2D eigenvalue weighted by Gasteiger charge is 2.33. The van der Waals surface area contributed by atoms with Crippen LogP contribution in [0.1, 0.15) is 34.1 Å². The quantitative estimate of drug-likeness (QED) is 0.412. The highest BCUT2D eigenvalue weighted by molar-refractivity contribution is 14.0. The van der Waals surface area contributed by atoms with Crippen LogP contribution in [0.2, 0.25) is 0 Å². The maximum atomic E-state index is 5.73. The SMILES string of the molecule is CCNC(=NCCN1CCOC(C)(C)C1)NC1CC1C.I. The molecule has 0 spiro atoms. The zero-order valence-corrected chi connectivity index (χ0v) is 16.1. The molecular weight excluding hydrogens is 379 g/mol. The molecule has 2 N–H and O–H groups in total. The molecule has 2 atom stereocenters. The first kappa shape index (κ1) is 19.0. The fraction of sp³-hybridized carbons (Fsp3) is 0.933. The van der Waals surface area contributed by atoms with E-state index in [1.165, 1.54) is 6.42 Å². The lowest BCUT2D eigenvalue weighted by atomic mass is 10.1. The molecule has 1 heterocycles. The summed E-state index contributed by atoms with van der Waals surface area (Å²) >= 11 is 0. The van der Waals surface area contributed by atoms with Crippen molar-refractivity contribution in [2.24, 2.45) is 10.9 Å². The molecule has 0 bridgehead atoms. The summed E-state index contributed by atoms with van der Waals surface area (Å²) < 4.78 is 5.73. The van der Waals surface area contributed by atoms with E-state index in [4.69, 9.17) is 4.74 Å². The topological polar surface area (TPSA) is 48.9 Å². The number of morpholine rings is 1. The predicted octanol–water partition coefficient (Wildman–Crippen LogP) is 1.68. The Kier molecular flexibility index (Phi) is 7.70. The molecule has 0 aromatic carbocycles. The second-order valence-electron chi connectivity index (χ2n) is 6.61. The van der Waals surface area contributed by atoms with Crippen LogP contribution in [0.15, 0.2) is 4.99 Å². The Morgan fingerprint density at radius 3 is 2.71 bits per heavy atom. The Labute approximate surface area is 146 Å². The Morgan fingerprint density at radius 2 is 2.14 bits per heavy atom. The molecule has 1 saturated carbocycles. The van der Waals surface area contributed by atoms with Gasteiger partial charge < -0.3 is 15.4 Å². The minimum Gasteiger partial charge on any atom is -0.373 e. The minimum atomic E-state index is -0.0197. The van der Waals surface area contributed by atoms with Gasteiger partial charge in [0, 0.05) is 32.2 Å². The number of hydrogen-bond donors (Lipinski definition) is 2. The van der Waals surface area contributed by atoms with E-state index in [-0.39, 0.29) is 29.6 Å². The van der Waals surface area contributed by atoms with Crippen LogP contribution in [0.5, 0.6) is 0 Å². The number of nitrogens with zero attached hydrogens (tertiary/aromatic N) is 2. The van der Waals surface area contributed by atoms with Crippen LogP contribution >= 0.6 is 24.0 Å². The Bertz CT molecular complexity index is 349. The molecule has 0 amide bonds. The zero-order chi connectivity index (χ0) is 14.6. The van der Waals surface area contributed by atoms with E-state index in [0.29, 0.717) is 6.04 Å². The first-order valence-corrected chi connectivity index (χ1v) is 7.91. The molecule has 2 rings (SSSR count). The molecule has 2 unspecified atom stereocenters. The van der Waals surface area contributed by atoms with Gasteiger partial charge in [0.1, 0.15) is 0 Å². The minimum absolute atomic E-state index is 0. The molecule has 5 nitrogen and oxygen atoms in total. The lowest BCUT2D eigenvalue weighted by Crippen LogP contribution is -2.49. The molecule has 2 fully saturated rings. The van der Waals surface area contributed by atoms with E-state index >= 15 is 0 Å². The molecule has 2 aliphatic rings. The van der Waals surface area contributed by atoms with E-state index in [9.17, 15) is 0 Å². The van der Waals surface area contributed by atoms with Crippen molar-refractivity contribution in [2.45, 2.75) is 45.8 Å². The molecule has 6 heteroatoms. The van der Waals surface area contributed by atoms with Gasteiger partial charge in [-0.3, -0.25) is 9.89 Å². The third-order valence-electron chi connectivity index (χ3n) is 3.97. The lowest BCUT2D eigenvalue weighted by Gasteiger charge is -2.37. The van der Waals surface area contributed by atoms with Crippen LogP contribution in [-0.2, 0) is 4.74 Å². The third-order valence-corrected chi connectivity index (χ3v) is 3.97. The van der Waals surface area contributed by atoms with Crippen LogP contribution in [0, 0.1) is 5.92 Å². The van der Waals surface area contributed by atoms with Gasteiger partial charge in [-0.2, -0.15) is 0 Å². The van der Waals surface area contributed by atoms with Gasteiger partial charge in [-0.15, -0.1) is 24.0 Å². The summed E-state index contributed by atoms with van der Waals surface area (Å²) in [5, 5.41) is 6.82. The Balaban J connectivity index is 0.00000220. The molecule has 1 saturated heterocycles. The monoisotopic (exact) mass is 410 g/mol. The second-order valence-corrected chi connectivity index (χ2v) is 6.61. The first-order chi connectivity index (χ1) is 9.50. The van der Waals surface area contributed by atoms with Crippen molar-refractivity contribution < 1.29 is 4.74 Å². The van der Waals surface area contributed by atoms with Crippen molar-refractivity contribution >= 4 is 29.9 Å².